The van der Waals surface area contributed by atoms with Gasteiger partial charge in [-0.3, -0.25) is 4.98 Å². The summed E-state index contributed by atoms with van der Waals surface area (Å²) in [6.07, 6.45) is 1.67. The second-order valence-electron chi connectivity index (χ2n) is 10.3. The van der Waals surface area contributed by atoms with E-state index in [0.29, 0.717) is 25.7 Å². The van der Waals surface area contributed by atoms with E-state index < -0.39 is 22.9 Å². The molecule has 0 bridgehead atoms. The molecular formula is C25H29F3N4O3. The largest absolute Gasteiger partial charge is 0.492 e. The molecule has 188 valence electrons. The number of alkyl halides is 3. The number of imidazole rings is 1. The zero-order valence-electron chi connectivity index (χ0n) is 19.6. The maximum Gasteiger partial charge on any atom is 0.418 e. The van der Waals surface area contributed by atoms with Crippen LogP contribution in [-0.2, 0) is 11.8 Å². The molecule has 2 aromatic heterocycles. The van der Waals surface area contributed by atoms with Crippen LogP contribution >= 0.6 is 0 Å². The van der Waals surface area contributed by atoms with Gasteiger partial charge in [0.25, 0.3) is 0 Å². The Morgan fingerprint density at radius 3 is 2.51 bits per heavy atom. The molecule has 3 N–H and O–H groups in total. The average molecular weight is 491 g/mol. The number of ether oxygens (including phenoxy) is 1. The Hall–Kier alpha value is -2.69. The molecule has 0 spiro atoms. The lowest BCUT2D eigenvalue weighted by molar-refractivity contribution is -0.136. The number of piperidine rings is 1. The first-order valence-electron chi connectivity index (χ1n) is 11.8. The quantitative estimate of drug-likeness (QED) is 0.502. The van der Waals surface area contributed by atoms with E-state index >= 15 is 0 Å². The standard InChI is InChI=1S/C25H29F3N4O3/c1-15-9-24(34,16-3-5-29-6-4-16)10-17(31-15)13-35-19-7-20(25(26,27)28)22-21(8-19)30-14-32(22)18-11-23(2,33)12-18/h3-8,14-15,17-18,31,33-34H,9-13H2,1-2H3. The van der Waals surface area contributed by atoms with E-state index in [2.05, 4.69) is 15.3 Å². The summed E-state index contributed by atoms with van der Waals surface area (Å²) in [5.74, 6) is 0.0724. The highest BCUT2D eigenvalue weighted by molar-refractivity contribution is 5.82. The zero-order chi connectivity index (χ0) is 25.0. The summed E-state index contributed by atoms with van der Waals surface area (Å²) >= 11 is 0. The predicted octanol–water partition coefficient (Wildman–Crippen LogP) is 3.94. The molecule has 5 rings (SSSR count). The maximum atomic E-state index is 14.0. The lowest BCUT2D eigenvalue weighted by atomic mass is 9.77. The summed E-state index contributed by atoms with van der Waals surface area (Å²) in [6.45, 7) is 3.72. The lowest BCUT2D eigenvalue weighted by Crippen LogP contribution is -2.53. The molecule has 2 aliphatic rings. The minimum absolute atomic E-state index is 0.00169. The third-order valence-electron chi connectivity index (χ3n) is 7.11. The Labute approximate surface area is 201 Å². The molecule has 0 radical (unpaired) electrons. The highest BCUT2D eigenvalue weighted by Gasteiger charge is 2.43. The number of aromatic nitrogens is 3. The van der Waals surface area contributed by atoms with Crippen molar-refractivity contribution in [2.24, 2.45) is 0 Å². The van der Waals surface area contributed by atoms with Crippen LogP contribution in [0.15, 0.2) is 43.0 Å². The molecule has 3 aromatic rings. The van der Waals surface area contributed by atoms with Crippen LogP contribution in [0.5, 0.6) is 5.75 Å². The number of rotatable bonds is 5. The summed E-state index contributed by atoms with van der Waals surface area (Å²) in [5, 5.41) is 24.7. The highest BCUT2D eigenvalue weighted by Crippen LogP contribution is 2.45. The molecule has 1 saturated heterocycles. The first-order chi connectivity index (χ1) is 16.4. The van der Waals surface area contributed by atoms with Gasteiger partial charge in [0.2, 0.25) is 0 Å². The summed E-state index contributed by atoms with van der Waals surface area (Å²) in [7, 11) is 0. The predicted molar refractivity (Wildman–Crippen MR) is 123 cm³/mol. The lowest BCUT2D eigenvalue weighted by Gasteiger charge is -2.42. The molecule has 10 heteroatoms. The third-order valence-corrected chi connectivity index (χ3v) is 7.11. The van der Waals surface area contributed by atoms with Gasteiger partial charge in [-0.2, -0.15) is 13.2 Å². The third kappa shape index (κ3) is 4.74. The minimum atomic E-state index is -4.60. The van der Waals surface area contributed by atoms with Gasteiger partial charge in [-0.15, -0.1) is 0 Å². The summed E-state index contributed by atoms with van der Waals surface area (Å²) in [4.78, 5) is 8.22. The summed E-state index contributed by atoms with van der Waals surface area (Å²) < 4.78 is 49.4. The van der Waals surface area contributed by atoms with Gasteiger partial charge < -0.3 is 24.8 Å². The van der Waals surface area contributed by atoms with Crippen LogP contribution < -0.4 is 10.1 Å². The van der Waals surface area contributed by atoms with Crippen molar-refractivity contribution in [3.05, 3.63) is 54.1 Å². The monoisotopic (exact) mass is 490 g/mol. The van der Waals surface area contributed by atoms with Crippen molar-refractivity contribution in [3.63, 3.8) is 0 Å². The second kappa shape index (κ2) is 8.46. The summed E-state index contributed by atoms with van der Waals surface area (Å²) in [6, 6.07) is 5.56. The fourth-order valence-electron chi connectivity index (χ4n) is 5.59. The number of nitrogens with one attached hydrogen (secondary N) is 1. The number of benzene rings is 1. The van der Waals surface area contributed by atoms with Gasteiger partial charge in [0.15, 0.2) is 0 Å². The van der Waals surface area contributed by atoms with Gasteiger partial charge in [0.1, 0.15) is 12.4 Å². The number of aliphatic hydroxyl groups is 2. The van der Waals surface area contributed by atoms with Crippen LogP contribution in [0, 0.1) is 0 Å². The maximum absolute atomic E-state index is 14.0. The van der Waals surface area contributed by atoms with Crippen molar-refractivity contribution in [1.29, 1.82) is 0 Å². The summed E-state index contributed by atoms with van der Waals surface area (Å²) in [5.41, 5.74) is -1.81. The number of nitrogens with zero attached hydrogens (tertiary/aromatic N) is 3. The van der Waals surface area contributed by atoms with Crippen LogP contribution in [-0.4, -0.2) is 49.0 Å². The van der Waals surface area contributed by atoms with Crippen LogP contribution in [0.3, 0.4) is 0 Å². The Balaban J connectivity index is 1.38. The van der Waals surface area contributed by atoms with Crippen LogP contribution in [0.25, 0.3) is 11.0 Å². The molecule has 2 fully saturated rings. The van der Waals surface area contributed by atoms with E-state index in [4.69, 9.17) is 4.74 Å². The first-order valence-corrected chi connectivity index (χ1v) is 11.8. The van der Waals surface area contributed by atoms with E-state index in [1.807, 2.05) is 6.92 Å². The normalized spacial score (nSPS) is 31.3. The van der Waals surface area contributed by atoms with Crippen molar-refractivity contribution in [2.75, 3.05) is 6.61 Å². The zero-order valence-corrected chi connectivity index (χ0v) is 19.6. The Kier molecular flexibility index (Phi) is 5.81. The molecular weight excluding hydrogens is 461 g/mol. The molecule has 1 aliphatic carbocycles. The molecule has 3 atom stereocenters. The number of pyridine rings is 1. The Bertz CT molecular complexity index is 1210. The molecule has 3 unspecified atom stereocenters. The molecule has 1 aromatic carbocycles. The van der Waals surface area contributed by atoms with Crippen molar-refractivity contribution in [3.8, 4) is 5.75 Å². The molecule has 3 heterocycles. The smallest absolute Gasteiger partial charge is 0.418 e. The van der Waals surface area contributed by atoms with E-state index in [0.717, 1.165) is 11.6 Å². The van der Waals surface area contributed by atoms with Crippen molar-refractivity contribution in [1.82, 2.24) is 19.9 Å². The Morgan fingerprint density at radius 2 is 1.86 bits per heavy atom. The molecule has 7 nitrogen and oxygen atoms in total. The van der Waals surface area contributed by atoms with Gasteiger partial charge >= 0.3 is 6.18 Å². The number of hydrogen-bond acceptors (Lipinski definition) is 6. The van der Waals surface area contributed by atoms with E-state index in [9.17, 15) is 23.4 Å². The number of fused-ring (bicyclic) bond motifs is 1. The molecule has 1 aliphatic heterocycles. The van der Waals surface area contributed by atoms with E-state index in [1.165, 1.54) is 17.0 Å². The molecule has 1 saturated carbocycles. The Morgan fingerprint density at radius 1 is 1.14 bits per heavy atom. The topological polar surface area (TPSA) is 92.4 Å². The fourth-order valence-corrected chi connectivity index (χ4v) is 5.59. The van der Waals surface area contributed by atoms with Crippen LogP contribution in [0.1, 0.15) is 56.7 Å². The number of halogens is 3. The SMILES string of the molecule is CC1CC(O)(c2ccncc2)CC(COc2cc(C(F)(F)F)c3c(c2)ncn3C2CC(C)(O)C2)N1. The molecule has 0 amide bonds. The number of hydrogen-bond donors (Lipinski definition) is 3. The van der Waals surface area contributed by atoms with E-state index in [1.54, 1.807) is 31.5 Å². The molecule has 35 heavy (non-hydrogen) atoms. The van der Waals surface area contributed by atoms with Crippen LogP contribution in [0.2, 0.25) is 0 Å². The van der Waals surface area contributed by atoms with E-state index in [-0.39, 0.29) is 41.5 Å². The minimum Gasteiger partial charge on any atom is -0.492 e. The van der Waals surface area contributed by atoms with Gasteiger partial charge in [0, 0.05) is 36.6 Å². The average Bonchev–Trinajstić information content (AvgIpc) is 3.18. The van der Waals surface area contributed by atoms with Crippen LogP contribution in [0.4, 0.5) is 13.2 Å². The van der Waals surface area contributed by atoms with Gasteiger partial charge in [-0.1, -0.05) is 0 Å². The van der Waals surface area contributed by atoms with Gasteiger partial charge in [-0.25, -0.2) is 4.98 Å². The highest BCUT2D eigenvalue weighted by atomic mass is 19.4. The van der Waals surface area contributed by atoms with Crippen molar-refractivity contribution in [2.45, 2.75) is 75.0 Å². The van der Waals surface area contributed by atoms with Crippen molar-refractivity contribution >= 4 is 11.0 Å². The first kappa shape index (κ1) is 24.0. The van der Waals surface area contributed by atoms with Crippen molar-refractivity contribution < 1.29 is 28.1 Å². The van der Waals surface area contributed by atoms with Gasteiger partial charge in [-0.05, 0) is 63.3 Å². The fraction of sp³-hybridized carbons (Fsp3) is 0.520. The second-order valence-corrected chi connectivity index (χ2v) is 10.3. The van der Waals surface area contributed by atoms with Gasteiger partial charge in [0.05, 0.1) is 34.1 Å².